The zero-order chi connectivity index (χ0) is 16.7. The summed E-state index contributed by atoms with van der Waals surface area (Å²) >= 11 is 0. The van der Waals surface area contributed by atoms with E-state index in [4.69, 9.17) is 0 Å². The molecule has 0 aliphatic carbocycles. The summed E-state index contributed by atoms with van der Waals surface area (Å²) in [5.41, 5.74) is 2.21. The minimum Gasteiger partial charge on any atom is -0.372 e. The second-order valence-corrected chi connectivity index (χ2v) is 5.78. The van der Waals surface area contributed by atoms with E-state index in [0.29, 0.717) is 17.7 Å². The van der Waals surface area contributed by atoms with Gasteiger partial charge in [0.15, 0.2) is 5.82 Å². The summed E-state index contributed by atoms with van der Waals surface area (Å²) in [6.07, 6.45) is 1.62. The fraction of sp³-hybridized carbons (Fsp3) is 0.471. The van der Waals surface area contributed by atoms with E-state index < -0.39 is 0 Å². The number of aromatic nitrogens is 3. The number of hydrogen-bond acceptors (Lipinski definition) is 6. The average Bonchev–Trinajstić information content (AvgIpc) is 2.56. The highest BCUT2D eigenvalue weighted by Gasteiger charge is 2.04. The predicted molar refractivity (Wildman–Crippen MR) is 96.4 cm³/mol. The summed E-state index contributed by atoms with van der Waals surface area (Å²) in [6, 6.07) is 8.33. The summed E-state index contributed by atoms with van der Waals surface area (Å²) in [6.45, 7) is 11.4. The molecule has 1 aromatic heterocycles. The monoisotopic (exact) mass is 314 g/mol. The Morgan fingerprint density at radius 1 is 1.09 bits per heavy atom. The highest BCUT2D eigenvalue weighted by atomic mass is 15.3. The molecule has 6 nitrogen and oxygen atoms in total. The Morgan fingerprint density at radius 2 is 1.78 bits per heavy atom. The first-order valence-electron chi connectivity index (χ1n) is 8.18. The van der Waals surface area contributed by atoms with Crippen LogP contribution in [0.1, 0.15) is 27.7 Å². The Labute approximate surface area is 138 Å². The molecule has 1 heterocycles. The fourth-order valence-corrected chi connectivity index (χ4v) is 2.23. The third-order valence-corrected chi connectivity index (χ3v) is 3.50. The van der Waals surface area contributed by atoms with Gasteiger partial charge in [-0.05, 0) is 44.0 Å². The minimum absolute atomic E-state index is 0.530. The molecule has 2 aromatic rings. The van der Waals surface area contributed by atoms with E-state index in [1.54, 1.807) is 6.20 Å². The van der Waals surface area contributed by atoms with E-state index in [9.17, 15) is 0 Å². The maximum absolute atomic E-state index is 4.42. The lowest BCUT2D eigenvalue weighted by Crippen LogP contribution is -2.21. The maximum atomic E-state index is 4.42. The van der Waals surface area contributed by atoms with Gasteiger partial charge < -0.3 is 15.5 Å². The highest BCUT2D eigenvalue weighted by molar-refractivity contribution is 5.60. The van der Waals surface area contributed by atoms with Crippen LogP contribution in [-0.2, 0) is 0 Å². The molecule has 0 aliphatic heterocycles. The Hall–Kier alpha value is -2.37. The van der Waals surface area contributed by atoms with Gasteiger partial charge in [0.2, 0.25) is 5.95 Å². The van der Waals surface area contributed by atoms with Crippen molar-refractivity contribution in [2.75, 3.05) is 35.2 Å². The molecule has 23 heavy (non-hydrogen) atoms. The van der Waals surface area contributed by atoms with Crippen molar-refractivity contribution in [3.63, 3.8) is 0 Å². The van der Waals surface area contributed by atoms with Crippen LogP contribution in [0.3, 0.4) is 0 Å². The number of nitrogens with zero attached hydrogens (tertiary/aromatic N) is 4. The van der Waals surface area contributed by atoms with Crippen LogP contribution >= 0.6 is 0 Å². The standard InChI is InChI=1S/C17H26N6/c1-5-23(6-2)15-9-7-14(8-10-15)20-16-12-19-22-17(21-16)18-11-13(3)4/h7-10,12-13H,5-6,11H2,1-4H3,(H2,18,20,21,22). The van der Waals surface area contributed by atoms with Crippen molar-refractivity contribution < 1.29 is 0 Å². The van der Waals surface area contributed by atoms with Crippen LogP contribution in [0.5, 0.6) is 0 Å². The van der Waals surface area contributed by atoms with Crippen LogP contribution in [0.4, 0.5) is 23.1 Å². The third-order valence-electron chi connectivity index (χ3n) is 3.50. The second kappa shape index (κ2) is 8.31. The predicted octanol–water partition coefficient (Wildman–Crippen LogP) is 3.53. The normalized spacial score (nSPS) is 10.7. The van der Waals surface area contributed by atoms with Crippen LogP contribution in [0, 0.1) is 5.92 Å². The summed E-state index contributed by atoms with van der Waals surface area (Å²) < 4.78 is 0. The van der Waals surface area contributed by atoms with Gasteiger partial charge in [0.1, 0.15) is 0 Å². The summed E-state index contributed by atoms with van der Waals surface area (Å²) in [4.78, 5) is 6.73. The van der Waals surface area contributed by atoms with E-state index in [0.717, 1.165) is 25.3 Å². The lowest BCUT2D eigenvalue weighted by atomic mass is 10.2. The molecule has 0 aliphatic rings. The molecule has 0 radical (unpaired) electrons. The molecule has 0 fully saturated rings. The molecule has 0 saturated carbocycles. The summed E-state index contributed by atoms with van der Waals surface area (Å²) in [5, 5.41) is 14.4. The summed E-state index contributed by atoms with van der Waals surface area (Å²) in [5.74, 6) is 1.76. The molecule has 2 rings (SSSR count). The van der Waals surface area contributed by atoms with Crippen molar-refractivity contribution in [1.82, 2.24) is 15.2 Å². The highest BCUT2D eigenvalue weighted by Crippen LogP contribution is 2.20. The smallest absolute Gasteiger partial charge is 0.244 e. The van der Waals surface area contributed by atoms with Crippen molar-refractivity contribution in [3.05, 3.63) is 30.5 Å². The average molecular weight is 314 g/mol. The molecular weight excluding hydrogens is 288 g/mol. The molecular formula is C17H26N6. The van der Waals surface area contributed by atoms with Crippen LogP contribution in [0.2, 0.25) is 0 Å². The molecule has 0 saturated heterocycles. The number of nitrogens with one attached hydrogen (secondary N) is 2. The van der Waals surface area contributed by atoms with Gasteiger partial charge >= 0.3 is 0 Å². The van der Waals surface area contributed by atoms with Crippen LogP contribution in [-0.4, -0.2) is 34.8 Å². The van der Waals surface area contributed by atoms with E-state index in [-0.39, 0.29) is 0 Å². The third kappa shape index (κ3) is 5.09. The zero-order valence-corrected chi connectivity index (χ0v) is 14.4. The maximum Gasteiger partial charge on any atom is 0.244 e. The van der Waals surface area contributed by atoms with Crippen molar-refractivity contribution in [3.8, 4) is 0 Å². The first-order chi connectivity index (χ1) is 11.1. The van der Waals surface area contributed by atoms with Gasteiger partial charge in [0.25, 0.3) is 0 Å². The Kier molecular flexibility index (Phi) is 6.14. The molecule has 124 valence electrons. The number of rotatable bonds is 8. The van der Waals surface area contributed by atoms with Gasteiger partial charge in [-0.2, -0.15) is 10.1 Å². The van der Waals surface area contributed by atoms with Crippen LogP contribution in [0.15, 0.2) is 30.5 Å². The van der Waals surface area contributed by atoms with Gasteiger partial charge in [0, 0.05) is 31.0 Å². The van der Waals surface area contributed by atoms with Gasteiger partial charge in [-0.25, -0.2) is 0 Å². The van der Waals surface area contributed by atoms with E-state index in [1.165, 1.54) is 5.69 Å². The molecule has 0 spiro atoms. The van der Waals surface area contributed by atoms with Crippen molar-refractivity contribution in [2.45, 2.75) is 27.7 Å². The van der Waals surface area contributed by atoms with Crippen molar-refractivity contribution >= 4 is 23.1 Å². The molecule has 6 heteroatoms. The lowest BCUT2D eigenvalue weighted by Gasteiger charge is -2.21. The molecule has 0 amide bonds. The van der Waals surface area contributed by atoms with Gasteiger partial charge in [-0.3, -0.25) is 0 Å². The molecule has 0 atom stereocenters. The van der Waals surface area contributed by atoms with Gasteiger partial charge in [0.05, 0.1) is 6.20 Å². The van der Waals surface area contributed by atoms with Gasteiger partial charge in [-0.1, -0.05) is 13.8 Å². The SMILES string of the molecule is CCN(CC)c1ccc(Nc2cnnc(NCC(C)C)n2)cc1. The number of anilines is 4. The minimum atomic E-state index is 0.530. The largest absolute Gasteiger partial charge is 0.372 e. The first kappa shape index (κ1) is 17.0. The molecule has 0 unspecified atom stereocenters. The quantitative estimate of drug-likeness (QED) is 0.777. The summed E-state index contributed by atoms with van der Waals surface area (Å²) in [7, 11) is 0. The second-order valence-electron chi connectivity index (χ2n) is 5.78. The van der Waals surface area contributed by atoms with E-state index in [1.807, 2.05) is 0 Å². The molecule has 0 bridgehead atoms. The fourth-order valence-electron chi connectivity index (χ4n) is 2.23. The van der Waals surface area contributed by atoms with Gasteiger partial charge in [-0.15, -0.1) is 5.10 Å². The molecule has 2 N–H and O–H groups in total. The first-order valence-corrected chi connectivity index (χ1v) is 8.18. The number of benzene rings is 1. The van der Waals surface area contributed by atoms with Crippen LogP contribution in [0.25, 0.3) is 0 Å². The van der Waals surface area contributed by atoms with Crippen molar-refractivity contribution in [2.24, 2.45) is 5.92 Å². The molecule has 1 aromatic carbocycles. The van der Waals surface area contributed by atoms with E-state index >= 15 is 0 Å². The van der Waals surface area contributed by atoms with Crippen molar-refractivity contribution in [1.29, 1.82) is 0 Å². The zero-order valence-electron chi connectivity index (χ0n) is 14.4. The number of hydrogen-bond donors (Lipinski definition) is 2. The Bertz CT molecular complexity index is 592. The Balaban J connectivity index is 2.03. The Morgan fingerprint density at radius 3 is 2.39 bits per heavy atom. The topological polar surface area (TPSA) is 66.0 Å². The van der Waals surface area contributed by atoms with E-state index in [2.05, 4.69) is 82.7 Å². The van der Waals surface area contributed by atoms with Crippen LogP contribution < -0.4 is 15.5 Å². The lowest BCUT2D eigenvalue weighted by molar-refractivity contribution is 0.682.